The van der Waals surface area contributed by atoms with Crippen LogP contribution in [-0.4, -0.2) is 30.4 Å². The van der Waals surface area contributed by atoms with E-state index < -0.39 is 26.5 Å². The molecule has 0 saturated heterocycles. The first-order valence-electron chi connectivity index (χ1n) is 11.0. The van der Waals surface area contributed by atoms with Gasteiger partial charge in [0.25, 0.3) is 0 Å². The van der Waals surface area contributed by atoms with Gasteiger partial charge in [0.05, 0.1) is 14.4 Å². The molecule has 0 saturated carbocycles. The topological polar surface area (TPSA) is 119 Å². The summed E-state index contributed by atoms with van der Waals surface area (Å²) in [5.74, 6) is -0.450. The Balaban J connectivity index is 3.38. The maximum Gasteiger partial charge on any atom is 0.305 e. The first-order chi connectivity index (χ1) is 13.8. The Bertz CT molecular complexity index is 462. The number of aliphatic hydroxyl groups is 1. The highest BCUT2D eigenvalue weighted by Crippen LogP contribution is 2.24. The Labute approximate surface area is 176 Å². The summed E-state index contributed by atoms with van der Waals surface area (Å²) >= 11 is 0. The van der Waals surface area contributed by atoms with Crippen molar-refractivity contribution in [1.82, 2.24) is 0 Å². The van der Waals surface area contributed by atoms with Crippen LogP contribution in [0.4, 0.5) is 0 Å². The molecule has 0 heterocycles. The molecule has 1 atom stereocenters. The number of phosphoric acid groups is 1. The van der Waals surface area contributed by atoms with Crippen molar-refractivity contribution in [3.63, 3.8) is 0 Å². The van der Waals surface area contributed by atoms with Crippen molar-refractivity contribution in [2.24, 2.45) is 0 Å². The fourth-order valence-corrected chi connectivity index (χ4v) is 3.18. The van der Waals surface area contributed by atoms with E-state index in [2.05, 4.69) is 23.6 Å². The largest absolute Gasteiger partial charge is 0.790 e. The number of hydrogen-bond acceptors (Lipinski definition) is 7. The molecular formula is C21H39O7P-2. The molecule has 0 fully saturated rings. The fraction of sp³-hybridized carbons (Fsp3) is 0.857. The van der Waals surface area contributed by atoms with E-state index in [1.807, 2.05) is 0 Å². The molecule has 7 nitrogen and oxygen atoms in total. The predicted octanol–water partition coefficient (Wildman–Crippen LogP) is 3.77. The maximum atomic E-state index is 11.5. The average molecular weight is 435 g/mol. The van der Waals surface area contributed by atoms with Crippen LogP contribution in [-0.2, 0) is 18.6 Å². The van der Waals surface area contributed by atoms with Crippen molar-refractivity contribution in [2.75, 3.05) is 13.2 Å². The van der Waals surface area contributed by atoms with Gasteiger partial charge in [0, 0.05) is 6.42 Å². The maximum absolute atomic E-state index is 11.5. The molecule has 1 N–H and O–H groups in total. The molecule has 0 aromatic heterocycles. The lowest BCUT2D eigenvalue weighted by Crippen LogP contribution is -2.26. The summed E-state index contributed by atoms with van der Waals surface area (Å²) in [6.45, 7) is 1.15. The number of hydrogen-bond donors (Lipinski definition) is 1. The third-order valence-electron chi connectivity index (χ3n) is 4.50. The number of rotatable bonds is 20. The highest BCUT2D eigenvalue weighted by molar-refractivity contribution is 7.43. The Morgan fingerprint density at radius 1 is 0.897 bits per heavy atom. The highest BCUT2D eigenvalue weighted by atomic mass is 31.2. The molecule has 1 unspecified atom stereocenters. The minimum atomic E-state index is -5.12. The van der Waals surface area contributed by atoms with Crippen LogP contribution >= 0.6 is 7.82 Å². The van der Waals surface area contributed by atoms with E-state index in [9.17, 15) is 24.3 Å². The summed E-state index contributed by atoms with van der Waals surface area (Å²) in [5.41, 5.74) is 0. The number of carbonyl (C=O) groups excluding carboxylic acids is 1. The lowest BCUT2D eigenvalue weighted by Gasteiger charge is -2.29. The summed E-state index contributed by atoms with van der Waals surface area (Å²) in [6.07, 6.45) is 18.8. The molecule has 29 heavy (non-hydrogen) atoms. The second-order valence-corrected chi connectivity index (χ2v) is 8.57. The smallest absolute Gasteiger partial charge is 0.305 e. The minimum Gasteiger partial charge on any atom is -0.790 e. The molecule has 0 aromatic rings. The van der Waals surface area contributed by atoms with Crippen molar-refractivity contribution in [3.8, 4) is 0 Å². The monoisotopic (exact) mass is 434 g/mol. The van der Waals surface area contributed by atoms with Crippen LogP contribution in [0, 0.1) is 0 Å². The second kappa shape index (κ2) is 19.3. The number of carbonyl (C=O) groups is 1. The molecule has 0 radical (unpaired) electrons. The van der Waals surface area contributed by atoms with Gasteiger partial charge < -0.3 is 28.7 Å². The Morgan fingerprint density at radius 2 is 1.41 bits per heavy atom. The second-order valence-electron chi connectivity index (χ2n) is 7.41. The Kier molecular flexibility index (Phi) is 18.8. The number of aliphatic hydroxyl groups excluding tert-OH is 1. The first-order valence-corrected chi connectivity index (χ1v) is 12.5. The molecule has 0 aliphatic heterocycles. The van der Waals surface area contributed by atoms with Crippen LogP contribution in [0.2, 0.25) is 0 Å². The molecular weight excluding hydrogens is 395 g/mol. The van der Waals surface area contributed by atoms with Gasteiger partial charge in [-0.2, -0.15) is 0 Å². The van der Waals surface area contributed by atoms with Gasteiger partial charge in [0.2, 0.25) is 0 Å². The standard InChI is InChI=1S/C21H41O7P/c1-2-3-4-5-6-7-8-9-10-11-12-13-14-15-16-17-21(23)27-18-20(22)19-28-29(24,25)26/h9-10,20,22H,2-8,11-19H2,1H3,(H2,24,25,26)/p-2. The van der Waals surface area contributed by atoms with Crippen LogP contribution in [0.3, 0.4) is 0 Å². The Hall–Kier alpha value is -0.720. The van der Waals surface area contributed by atoms with E-state index in [0.29, 0.717) is 0 Å². The SMILES string of the molecule is CCCCCCCCC=CCCCCCCCC(=O)OCC(O)COP(=O)([O-])[O-]. The molecule has 0 aliphatic carbocycles. The lowest BCUT2D eigenvalue weighted by atomic mass is 10.1. The van der Waals surface area contributed by atoms with E-state index in [1.54, 1.807) is 0 Å². The molecule has 0 aliphatic rings. The van der Waals surface area contributed by atoms with Crippen LogP contribution in [0.25, 0.3) is 0 Å². The molecule has 0 amide bonds. The zero-order valence-electron chi connectivity index (χ0n) is 17.9. The van der Waals surface area contributed by atoms with Gasteiger partial charge >= 0.3 is 5.97 Å². The minimum absolute atomic E-state index is 0.257. The molecule has 8 heteroatoms. The third kappa shape index (κ3) is 23.4. The van der Waals surface area contributed by atoms with E-state index >= 15 is 0 Å². The molecule has 0 bridgehead atoms. The number of unbranched alkanes of at least 4 members (excludes halogenated alkanes) is 11. The summed E-state index contributed by atoms with van der Waals surface area (Å²) in [7, 11) is -5.12. The average Bonchev–Trinajstić information content (AvgIpc) is 2.67. The Morgan fingerprint density at radius 3 is 1.97 bits per heavy atom. The van der Waals surface area contributed by atoms with Gasteiger partial charge in [-0.1, -0.05) is 70.4 Å². The van der Waals surface area contributed by atoms with E-state index in [0.717, 1.165) is 38.5 Å². The predicted molar refractivity (Wildman–Crippen MR) is 110 cm³/mol. The molecule has 0 spiro atoms. The van der Waals surface area contributed by atoms with Gasteiger partial charge in [-0.05, 0) is 32.1 Å². The van der Waals surface area contributed by atoms with Crippen LogP contribution in [0.5, 0.6) is 0 Å². The quantitative estimate of drug-likeness (QED) is 0.134. The number of phosphoric ester groups is 1. The normalized spacial score (nSPS) is 13.1. The summed E-state index contributed by atoms with van der Waals surface area (Å²) in [4.78, 5) is 32.1. The number of esters is 1. The highest BCUT2D eigenvalue weighted by Gasteiger charge is 2.09. The zero-order valence-corrected chi connectivity index (χ0v) is 18.8. The van der Waals surface area contributed by atoms with Crippen molar-refractivity contribution >= 4 is 13.8 Å². The van der Waals surface area contributed by atoms with Crippen molar-refractivity contribution in [3.05, 3.63) is 12.2 Å². The molecule has 0 rings (SSSR count). The van der Waals surface area contributed by atoms with Gasteiger partial charge in [0.1, 0.15) is 12.7 Å². The van der Waals surface area contributed by atoms with Crippen molar-refractivity contribution in [1.29, 1.82) is 0 Å². The van der Waals surface area contributed by atoms with Crippen molar-refractivity contribution < 1.29 is 33.5 Å². The van der Waals surface area contributed by atoms with Crippen molar-refractivity contribution in [2.45, 2.75) is 103 Å². The summed E-state index contributed by atoms with van der Waals surface area (Å²) in [5, 5.41) is 9.36. The van der Waals surface area contributed by atoms with E-state index in [1.165, 1.54) is 44.9 Å². The lowest BCUT2D eigenvalue weighted by molar-refractivity contribution is -0.342. The van der Waals surface area contributed by atoms with E-state index in [-0.39, 0.29) is 13.0 Å². The molecule has 172 valence electrons. The summed E-state index contributed by atoms with van der Waals surface area (Å²) in [6, 6.07) is 0. The van der Waals surface area contributed by atoms with Gasteiger partial charge in [0.15, 0.2) is 0 Å². The number of ether oxygens (including phenoxy) is 1. The van der Waals surface area contributed by atoms with Gasteiger partial charge in [-0.25, -0.2) is 0 Å². The summed E-state index contributed by atoms with van der Waals surface area (Å²) < 4.78 is 19.0. The van der Waals surface area contributed by atoms with Crippen LogP contribution in [0.1, 0.15) is 96.8 Å². The molecule has 0 aromatic carbocycles. The number of allylic oxidation sites excluding steroid dienone is 2. The fourth-order valence-electron chi connectivity index (χ4n) is 2.83. The van der Waals surface area contributed by atoms with Crippen LogP contribution < -0.4 is 9.79 Å². The van der Waals surface area contributed by atoms with Gasteiger partial charge in [-0.3, -0.25) is 4.79 Å². The third-order valence-corrected chi connectivity index (χ3v) is 4.97. The zero-order chi connectivity index (χ0) is 21.8. The van der Waals surface area contributed by atoms with Gasteiger partial charge in [-0.15, -0.1) is 0 Å². The van der Waals surface area contributed by atoms with Crippen LogP contribution in [0.15, 0.2) is 12.2 Å². The first kappa shape index (κ1) is 28.3. The van der Waals surface area contributed by atoms with E-state index in [4.69, 9.17) is 4.74 Å².